The van der Waals surface area contributed by atoms with Crippen LogP contribution in [0.25, 0.3) is 0 Å². The zero-order chi connectivity index (χ0) is 2.71. The second-order valence-corrected chi connectivity index (χ2v) is 0.254. The molecule has 0 aromatic carbocycles. The van der Waals surface area contributed by atoms with Crippen LogP contribution in [0.5, 0.6) is 0 Å². The van der Waals surface area contributed by atoms with Crippen molar-refractivity contribution < 1.29 is 23.0 Å². The third-order valence-corrected chi connectivity index (χ3v) is 0. The fourth-order valence-corrected chi connectivity index (χ4v) is 0. The summed E-state index contributed by atoms with van der Waals surface area (Å²) in [5.41, 5.74) is 0. The second kappa shape index (κ2) is 9.48. The van der Waals surface area contributed by atoms with Gasteiger partial charge in [-0.3, -0.25) is 0 Å². The van der Waals surface area contributed by atoms with Gasteiger partial charge in [-0.05, 0) is 0 Å². The Morgan fingerprint density at radius 1 is 1.75 bits per heavy atom. The van der Waals surface area contributed by atoms with Crippen molar-refractivity contribution in [2.75, 3.05) is 0 Å². The van der Waals surface area contributed by atoms with E-state index >= 15 is 0 Å². The Morgan fingerprint density at radius 2 is 1.75 bits per heavy atom. The van der Waals surface area contributed by atoms with E-state index in [-0.39, 0.29) is 18.6 Å². The maximum Gasteiger partial charge on any atom is 0.0293 e. The fourth-order valence-electron chi connectivity index (χ4n) is 0. The molecule has 0 saturated carbocycles. The number of halogens is 1. The van der Waals surface area contributed by atoms with E-state index in [9.17, 15) is 4.48 Å². The van der Waals surface area contributed by atoms with Crippen molar-refractivity contribution in [2.24, 2.45) is 4.97 Å². The third kappa shape index (κ3) is 18.1. The number of nitrogens with zero attached hydrogens (tertiary/aromatic N) is 1. The molecule has 0 heterocycles. The molecule has 0 atom stereocenters. The van der Waals surface area contributed by atoms with Gasteiger partial charge in [-0.2, -0.15) is 0 Å². The van der Waals surface area contributed by atoms with Crippen LogP contribution in [0.15, 0.2) is 4.97 Å². The van der Waals surface area contributed by atoms with E-state index in [1.807, 2.05) is 0 Å². The van der Waals surface area contributed by atoms with Crippen LogP contribution in [-0.4, -0.2) is 0 Å². The molecule has 0 saturated heterocycles. The van der Waals surface area contributed by atoms with Crippen molar-refractivity contribution >= 4 is 9.03 Å². The van der Waals surface area contributed by atoms with Gasteiger partial charge in [-0.1, -0.05) is 9.45 Å². The summed E-state index contributed by atoms with van der Waals surface area (Å²) < 4.78 is 9.83. The van der Waals surface area contributed by atoms with Crippen molar-refractivity contribution in [3.8, 4) is 0 Å². The van der Waals surface area contributed by atoms with E-state index in [0.29, 0.717) is 0 Å². The second-order valence-electron chi connectivity index (χ2n) is 0.0845. The van der Waals surface area contributed by atoms with Crippen LogP contribution in [0.3, 0.4) is 0 Å². The van der Waals surface area contributed by atoms with Gasteiger partial charge < -0.3 is 0 Å². The quantitative estimate of drug-likeness (QED) is 0.421. The maximum absolute atomic E-state index is 9.83. The molecule has 0 aliphatic rings. The summed E-state index contributed by atoms with van der Waals surface area (Å²) >= 11 is 0. The first-order chi connectivity index (χ1) is 1.41. The Labute approximate surface area is 37.7 Å². The summed E-state index contributed by atoms with van der Waals surface area (Å²) in [4.78, 5) is 1.81. The monoisotopic (exact) mass is 116 g/mol. The van der Waals surface area contributed by atoms with E-state index in [2.05, 4.69) is 9.03 Å². The van der Waals surface area contributed by atoms with Gasteiger partial charge in [0.15, 0.2) is 0 Å². The molecular formula is HFNPV. The average Bonchev–Trinajstić information content (AvgIpc) is 0.918. The van der Waals surface area contributed by atoms with Crippen LogP contribution in [0.2, 0.25) is 0 Å². The van der Waals surface area contributed by atoms with E-state index < -0.39 is 0 Å². The minimum atomic E-state index is 0. The fraction of sp³-hybridized carbons (Fsp3) is 0. The Balaban J connectivity index is 0. The minimum absolute atomic E-state index is 0. The van der Waals surface area contributed by atoms with Crippen molar-refractivity contribution in [3.63, 3.8) is 0 Å². The molecule has 0 N–H and O–H groups in total. The van der Waals surface area contributed by atoms with Gasteiger partial charge in [0.2, 0.25) is 0 Å². The molecule has 4 heteroatoms. The third-order valence-electron chi connectivity index (χ3n) is 0. The Morgan fingerprint density at radius 3 is 1.75 bits per heavy atom. The predicted molar refractivity (Wildman–Crippen MR) is 11.9 cm³/mol. The molecule has 0 bridgehead atoms. The van der Waals surface area contributed by atoms with Gasteiger partial charge in [0.25, 0.3) is 0 Å². The van der Waals surface area contributed by atoms with Crippen LogP contribution in [0.4, 0.5) is 4.48 Å². The topological polar surface area (TPSA) is 12.4 Å². The van der Waals surface area contributed by atoms with Gasteiger partial charge in [0.1, 0.15) is 0 Å². The van der Waals surface area contributed by atoms with E-state index in [1.54, 1.807) is 4.97 Å². The first-order valence-corrected chi connectivity index (χ1v) is 0.840. The van der Waals surface area contributed by atoms with Crippen LogP contribution in [-0.2, 0) is 18.6 Å². The van der Waals surface area contributed by atoms with Crippen LogP contribution >= 0.6 is 9.03 Å². The Hall–Kier alpha value is 0.614. The molecule has 0 aliphatic heterocycles. The first kappa shape index (κ1) is 8.82. The molecule has 1 radical (unpaired) electrons. The Bertz CT molecular complexity index is 15.5. The molecule has 0 rings (SSSR count). The van der Waals surface area contributed by atoms with Gasteiger partial charge >= 0.3 is 0 Å². The van der Waals surface area contributed by atoms with Crippen LogP contribution in [0, 0.1) is 0 Å². The van der Waals surface area contributed by atoms with E-state index in [1.165, 1.54) is 0 Å². The predicted octanol–water partition coefficient (Wildman–Crippen LogP) is 1.19. The molecule has 0 aromatic rings. The normalized spacial score (nSPS) is 3.25. The average molecular weight is 116 g/mol. The van der Waals surface area contributed by atoms with Gasteiger partial charge in [-0.25, -0.2) is 0 Å². The molecule has 0 unspecified atom stereocenters. The molecule has 23 valence electrons. The largest absolute Gasteiger partial charge is 0.0751 e. The zero-order valence-corrected chi connectivity index (χ0v) is 4.17. The minimum Gasteiger partial charge on any atom is -0.0751 e. The summed E-state index contributed by atoms with van der Waals surface area (Å²) in [6, 6.07) is 0. The zero-order valence-electron chi connectivity index (χ0n) is 1.77. The van der Waals surface area contributed by atoms with Crippen LogP contribution < -0.4 is 0 Å². The molecule has 0 spiro atoms. The van der Waals surface area contributed by atoms with Crippen molar-refractivity contribution in [1.82, 2.24) is 0 Å². The molecule has 0 fully saturated rings. The van der Waals surface area contributed by atoms with E-state index in [4.69, 9.17) is 0 Å². The van der Waals surface area contributed by atoms with Gasteiger partial charge in [-0.15, -0.1) is 0 Å². The molecule has 4 heavy (non-hydrogen) atoms. The summed E-state index contributed by atoms with van der Waals surface area (Å²) in [7, 11) is 2.14. The smallest absolute Gasteiger partial charge is 0.0293 e. The summed E-state index contributed by atoms with van der Waals surface area (Å²) in [6.45, 7) is 0. The summed E-state index contributed by atoms with van der Waals surface area (Å²) in [5, 5.41) is 0. The molecule has 1 nitrogen and oxygen atoms in total. The summed E-state index contributed by atoms with van der Waals surface area (Å²) in [6.07, 6.45) is 0. The van der Waals surface area contributed by atoms with Gasteiger partial charge in [0, 0.05) is 27.6 Å². The van der Waals surface area contributed by atoms with Crippen molar-refractivity contribution in [1.29, 1.82) is 0 Å². The van der Waals surface area contributed by atoms with Crippen molar-refractivity contribution in [3.05, 3.63) is 0 Å². The SMILES string of the molecule is FN=P.[V]. The molecule has 0 aliphatic carbocycles. The van der Waals surface area contributed by atoms with Crippen LogP contribution in [0.1, 0.15) is 0 Å². The molecule has 0 aromatic heterocycles. The van der Waals surface area contributed by atoms with E-state index in [0.717, 1.165) is 0 Å². The molecular weight excluding hydrogens is 115 g/mol. The number of hydrogen-bond donors (Lipinski definition) is 0. The maximum atomic E-state index is 9.83. The summed E-state index contributed by atoms with van der Waals surface area (Å²) in [5.74, 6) is 0. The molecule has 0 amide bonds. The number of rotatable bonds is 0. The Kier molecular flexibility index (Phi) is 20.9. The van der Waals surface area contributed by atoms with Gasteiger partial charge in [0.05, 0.1) is 0 Å². The van der Waals surface area contributed by atoms with Crippen molar-refractivity contribution in [2.45, 2.75) is 0 Å². The standard InChI is InChI=1S/FHNP.V/c1-2-3;/h3H;. The first-order valence-electron chi connectivity index (χ1n) is 0.393. The number of hydrogen-bond acceptors (Lipinski definition) is 1.